The molecule has 0 aliphatic carbocycles. The molecule has 8 heteroatoms. The molecule has 2 rings (SSSR count). The van der Waals surface area contributed by atoms with E-state index >= 15 is 0 Å². The van der Waals surface area contributed by atoms with E-state index in [1.807, 2.05) is 6.07 Å². The van der Waals surface area contributed by atoms with Crippen molar-refractivity contribution in [1.82, 2.24) is 14.9 Å². The zero-order valence-electron chi connectivity index (χ0n) is 11.4. The number of para-hydroxylation sites is 1. The third kappa shape index (κ3) is 3.78. The van der Waals surface area contributed by atoms with E-state index in [2.05, 4.69) is 10.3 Å². The van der Waals surface area contributed by atoms with Crippen molar-refractivity contribution in [2.24, 2.45) is 0 Å². The molecule has 0 radical (unpaired) electrons. The van der Waals surface area contributed by atoms with E-state index < -0.39 is 11.0 Å². The predicted molar refractivity (Wildman–Crippen MR) is 74.1 cm³/mol. The Kier molecular flexibility index (Phi) is 4.50. The molecular formula is C13H14N4O4. The number of rotatable bonds is 5. The SMILES string of the molecule is Cc1ncc([N+](=O)[O-])n1CCNC(=O)Oc1ccccc1. The van der Waals surface area contributed by atoms with Gasteiger partial charge in [-0.05, 0) is 17.1 Å². The number of benzene rings is 1. The van der Waals surface area contributed by atoms with E-state index in [9.17, 15) is 14.9 Å². The molecule has 0 atom stereocenters. The van der Waals surface area contributed by atoms with Crippen molar-refractivity contribution in [3.05, 3.63) is 52.5 Å². The Bertz CT molecular complexity index is 639. The van der Waals surface area contributed by atoms with Crippen LogP contribution in [0.2, 0.25) is 0 Å². The minimum Gasteiger partial charge on any atom is -0.410 e. The molecule has 1 heterocycles. The van der Waals surface area contributed by atoms with Crippen LogP contribution in [0.1, 0.15) is 5.82 Å². The number of hydrogen-bond acceptors (Lipinski definition) is 5. The van der Waals surface area contributed by atoms with Gasteiger partial charge in [0, 0.05) is 6.92 Å². The summed E-state index contributed by atoms with van der Waals surface area (Å²) in [5.74, 6) is 0.838. The van der Waals surface area contributed by atoms with E-state index in [1.165, 1.54) is 10.8 Å². The van der Waals surface area contributed by atoms with E-state index in [1.54, 1.807) is 31.2 Å². The largest absolute Gasteiger partial charge is 0.412 e. The quantitative estimate of drug-likeness (QED) is 0.669. The highest BCUT2D eigenvalue weighted by molar-refractivity contribution is 5.70. The van der Waals surface area contributed by atoms with Gasteiger partial charge in [-0.1, -0.05) is 18.2 Å². The van der Waals surface area contributed by atoms with Crippen molar-refractivity contribution in [3.63, 3.8) is 0 Å². The van der Waals surface area contributed by atoms with Gasteiger partial charge in [-0.15, -0.1) is 0 Å². The number of ether oxygens (including phenoxy) is 1. The van der Waals surface area contributed by atoms with Crippen molar-refractivity contribution in [1.29, 1.82) is 0 Å². The van der Waals surface area contributed by atoms with Gasteiger partial charge in [-0.25, -0.2) is 14.3 Å². The van der Waals surface area contributed by atoms with Crippen LogP contribution in [0.25, 0.3) is 0 Å². The fourth-order valence-corrected chi connectivity index (χ4v) is 1.78. The standard InChI is InChI=1S/C13H14N4O4/c1-10-15-9-12(17(19)20)16(10)8-7-14-13(18)21-11-5-3-2-4-6-11/h2-6,9H,7-8H2,1H3,(H,14,18). The van der Waals surface area contributed by atoms with Crippen molar-refractivity contribution in [2.45, 2.75) is 13.5 Å². The normalized spacial score (nSPS) is 10.1. The van der Waals surface area contributed by atoms with Crippen LogP contribution in [0, 0.1) is 17.0 Å². The number of amides is 1. The molecule has 1 aromatic carbocycles. The molecule has 1 amide bonds. The number of carbonyl (C=O) groups is 1. The average Bonchev–Trinajstić information content (AvgIpc) is 2.81. The van der Waals surface area contributed by atoms with Gasteiger partial charge in [0.25, 0.3) is 0 Å². The molecule has 0 fully saturated rings. The van der Waals surface area contributed by atoms with Gasteiger partial charge in [0.05, 0.1) is 6.54 Å². The number of nitrogens with one attached hydrogen (secondary N) is 1. The number of imidazole rings is 1. The topological polar surface area (TPSA) is 99.3 Å². The second-order valence-corrected chi connectivity index (χ2v) is 4.20. The van der Waals surface area contributed by atoms with E-state index in [4.69, 9.17) is 4.74 Å². The van der Waals surface area contributed by atoms with Gasteiger partial charge in [0.15, 0.2) is 5.82 Å². The Balaban J connectivity index is 1.86. The van der Waals surface area contributed by atoms with Crippen LogP contribution in [0.15, 0.2) is 36.5 Å². The summed E-state index contributed by atoms with van der Waals surface area (Å²) in [6.07, 6.45) is 0.582. The van der Waals surface area contributed by atoms with E-state index in [0.29, 0.717) is 11.6 Å². The summed E-state index contributed by atoms with van der Waals surface area (Å²) >= 11 is 0. The molecule has 0 saturated heterocycles. The lowest BCUT2D eigenvalue weighted by atomic mass is 10.3. The number of hydrogen-bond donors (Lipinski definition) is 1. The summed E-state index contributed by atoms with van der Waals surface area (Å²) in [5, 5.41) is 13.3. The molecule has 0 unspecified atom stereocenters. The van der Waals surface area contributed by atoms with Crippen LogP contribution in [-0.4, -0.2) is 27.1 Å². The van der Waals surface area contributed by atoms with Gasteiger partial charge in [-0.2, -0.15) is 0 Å². The lowest BCUT2D eigenvalue weighted by Gasteiger charge is -2.06. The van der Waals surface area contributed by atoms with Crippen LogP contribution in [0.5, 0.6) is 5.75 Å². The first-order valence-electron chi connectivity index (χ1n) is 6.25. The second-order valence-electron chi connectivity index (χ2n) is 4.20. The van der Waals surface area contributed by atoms with Gasteiger partial charge in [-0.3, -0.25) is 0 Å². The van der Waals surface area contributed by atoms with Gasteiger partial charge >= 0.3 is 11.9 Å². The van der Waals surface area contributed by atoms with Crippen LogP contribution >= 0.6 is 0 Å². The number of aromatic nitrogens is 2. The van der Waals surface area contributed by atoms with Crippen LogP contribution in [-0.2, 0) is 6.54 Å². The monoisotopic (exact) mass is 290 g/mol. The summed E-state index contributed by atoms with van der Waals surface area (Å²) in [6.45, 7) is 2.10. The summed E-state index contributed by atoms with van der Waals surface area (Å²) < 4.78 is 6.45. The Labute approximate surface area is 120 Å². The van der Waals surface area contributed by atoms with Crippen molar-refractivity contribution in [3.8, 4) is 5.75 Å². The van der Waals surface area contributed by atoms with Crippen LogP contribution < -0.4 is 10.1 Å². The maximum Gasteiger partial charge on any atom is 0.412 e. The van der Waals surface area contributed by atoms with Crippen molar-refractivity contribution >= 4 is 11.9 Å². The molecule has 110 valence electrons. The number of nitro groups is 1. The summed E-state index contributed by atoms with van der Waals surface area (Å²) in [4.78, 5) is 25.7. The molecule has 21 heavy (non-hydrogen) atoms. The van der Waals surface area contributed by atoms with Crippen LogP contribution in [0.4, 0.5) is 10.6 Å². The fourth-order valence-electron chi connectivity index (χ4n) is 1.78. The number of aryl methyl sites for hydroxylation is 1. The highest BCUT2D eigenvalue weighted by atomic mass is 16.6. The Morgan fingerprint density at radius 1 is 1.43 bits per heavy atom. The Hall–Kier alpha value is -2.90. The smallest absolute Gasteiger partial charge is 0.410 e. The average molecular weight is 290 g/mol. The summed E-state index contributed by atoms with van der Waals surface area (Å²) in [5.41, 5.74) is 0. The van der Waals surface area contributed by atoms with E-state index in [0.717, 1.165) is 0 Å². The predicted octanol–water partition coefficient (Wildman–Crippen LogP) is 1.89. The van der Waals surface area contributed by atoms with Gasteiger partial charge in [0.2, 0.25) is 0 Å². The summed E-state index contributed by atoms with van der Waals surface area (Å²) in [6, 6.07) is 8.63. The Morgan fingerprint density at radius 3 is 2.81 bits per heavy atom. The summed E-state index contributed by atoms with van der Waals surface area (Å²) in [7, 11) is 0. The lowest BCUT2D eigenvalue weighted by molar-refractivity contribution is -0.392. The molecule has 8 nitrogen and oxygen atoms in total. The minimum atomic E-state index is -0.610. The first-order chi connectivity index (χ1) is 10.1. The third-order valence-corrected chi connectivity index (χ3v) is 2.78. The molecule has 0 aliphatic heterocycles. The zero-order valence-corrected chi connectivity index (χ0v) is 11.4. The van der Waals surface area contributed by atoms with Crippen molar-refractivity contribution in [2.75, 3.05) is 6.54 Å². The Morgan fingerprint density at radius 2 is 2.14 bits per heavy atom. The molecule has 0 saturated carbocycles. The van der Waals surface area contributed by atoms with Gasteiger partial charge in [0.1, 0.15) is 18.5 Å². The third-order valence-electron chi connectivity index (χ3n) is 2.78. The van der Waals surface area contributed by atoms with Gasteiger partial charge < -0.3 is 20.2 Å². The lowest BCUT2D eigenvalue weighted by Crippen LogP contribution is -2.30. The minimum absolute atomic E-state index is 0.106. The first kappa shape index (κ1) is 14.5. The van der Waals surface area contributed by atoms with E-state index in [-0.39, 0.29) is 18.9 Å². The highest BCUT2D eigenvalue weighted by Crippen LogP contribution is 2.12. The molecule has 0 bridgehead atoms. The van der Waals surface area contributed by atoms with Crippen LogP contribution in [0.3, 0.4) is 0 Å². The fraction of sp³-hybridized carbons (Fsp3) is 0.231. The first-order valence-corrected chi connectivity index (χ1v) is 6.25. The maximum absolute atomic E-state index is 11.6. The maximum atomic E-state index is 11.6. The molecule has 1 aromatic heterocycles. The molecule has 0 aliphatic rings. The molecule has 1 N–H and O–H groups in total. The molecule has 0 spiro atoms. The molecular weight excluding hydrogens is 276 g/mol. The molecule has 2 aromatic rings. The second kappa shape index (κ2) is 6.51. The van der Waals surface area contributed by atoms with Crippen molar-refractivity contribution < 1.29 is 14.5 Å². The number of carbonyl (C=O) groups excluding carboxylic acids is 1. The zero-order chi connectivity index (χ0) is 15.2. The number of nitrogens with zero attached hydrogens (tertiary/aromatic N) is 3. The highest BCUT2D eigenvalue weighted by Gasteiger charge is 2.17.